The van der Waals surface area contributed by atoms with Crippen LogP contribution in [0.5, 0.6) is 0 Å². The summed E-state index contributed by atoms with van der Waals surface area (Å²) in [7, 11) is 0. The zero-order chi connectivity index (χ0) is 11.5. The van der Waals surface area contributed by atoms with E-state index in [9.17, 15) is 0 Å². The minimum atomic E-state index is 0.239. The van der Waals surface area contributed by atoms with Gasteiger partial charge in [-0.1, -0.05) is 0 Å². The SMILES string of the molecule is Cc1nnc(NC2CCOC2)c(C#N)c1C. The second-order valence-electron chi connectivity index (χ2n) is 3.95. The first-order valence-corrected chi connectivity index (χ1v) is 5.30. The summed E-state index contributed by atoms with van der Waals surface area (Å²) in [4.78, 5) is 0. The first-order chi connectivity index (χ1) is 7.72. The molecule has 1 aromatic heterocycles. The van der Waals surface area contributed by atoms with Crippen molar-refractivity contribution in [3.63, 3.8) is 0 Å². The van der Waals surface area contributed by atoms with Crippen LogP contribution in [0.2, 0.25) is 0 Å². The van der Waals surface area contributed by atoms with Crippen LogP contribution in [0.15, 0.2) is 0 Å². The van der Waals surface area contributed by atoms with Crippen molar-refractivity contribution in [2.24, 2.45) is 0 Å². The van der Waals surface area contributed by atoms with Gasteiger partial charge < -0.3 is 10.1 Å². The molecule has 1 aliphatic rings. The second kappa shape index (κ2) is 4.45. The Morgan fingerprint density at radius 1 is 1.44 bits per heavy atom. The van der Waals surface area contributed by atoms with Gasteiger partial charge >= 0.3 is 0 Å². The fraction of sp³-hybridized carbons (Fsp3) is 0.545. The van der Waals surface area contributed by atoms with Crippen LogP contribution in [0.3, 0.4) is 0 Å². The van der Waals surface area contributed by atoms with Gasteiger partial charge in [0, 0.05) is 6.61 Å². The van der Waals surface area contributed by atoms with E-state index in [1.165, 1.54) is 0 Å². The number of ether oxygens (including phenoxy) is 1. The number of rotatable bonds is 2. The van der Waals surface area contributed by atoms with Crippen molar-refractivity contribution < 1.29 is 4.74 Å². The highest BCUT2D eigenvalue weighted by atomic mass is 16.5. The molecular formula is C11H14N4O. The highest BCUT2D eigenvalue weighted by Crippen LogP contribution is 2.19. The lowest BCUT2D eigenvalue weighted by Crippen LogP contribution is -2.21. The lowest BCUT2D eigenvalue weighted by Gasteiger charge is -2.13. The Morgan fingerprint density at radius 3 is 2.88 bits per heavy atom. The Kier molecular flexibility index (Phi) is 3.02. The van der Waals surface area contributed by atoms with Gasteiger partial charge in [-0.25, -0.2) is 0 Å². The summed E-state index contributed by atoms with van der Waals surface area (Å²) >= 11 is 0. The van der Waals surface area contributed by atoms with Crippen LogP contribution in [-0.2, 0) is 4.74 Å². The van der Waals surface area contributed by atoms with Crippen LogP contribution in [0, 0.1) is 25.2 Å². The molecule has 0 radical (unpaired) electrons. The number of aromatic nitrogens is 2. The van der Waals surface area contributed by atoms with E-state index < -0.39 is 0 Å². The molecule has 0 amide bonds. The largest absolute Gasteiger partial charge is 0.379 e. The molecule has 1 aliphatic heterocycles. The summed E-state index contributed by atoms with van der Waals surface area (Å²) in [5, 5.41) is 20.4. The average molecular weight is 218 g/mol. The molecule has 0 spiro atoms. The van der Waals surface area contributed by atoms with Gasteiger partial charge in [-0.15, -0.1) is 5.10 Å². The number of anilines is 1. The highest BCUT2D eigenvalue weighted by molar-refractivity contribution is 5.56. The van der Waals surface area contributed by atoms with Crippen molar-refractivity contribution in [2.45, 2.75) is 26.3 Å². The third kappa shape index (κ3) is 1.97. The Bertz CT molecular complexity index is 432. The van der Waals surface area contributed by atoms with Crippen molar-refractivity contribution in [3.05, 3.63) is 16.8 Å². The normalized spacial score (nSPS) is 19.4. The molecule has 2 heterocycles. The van der Waals surface area contributed by atoms with E-state index >= 15 is 0 Å². The molecule has 84 valence electrons. The molecule has 1 aromatic rings. The second-order valence-corrected chi connectivity index (χ2v) is 3.95. The number of aryl methyl sites for hydroxylation is 1. The molecule has 1 fully saturated rings. The van der Waals surface area contributed by atoms with E-state index in [2.05, 4.69) is 21.6 Å². The zero-order valence-corrected chi connectivity index (χ0v) is 9.45. The molecule has 1 saturated heterocycles. The minimum Gasteiger partial charge on any atom is -0.379 e. The maximum Gasteiger partial charge on any atom is 0.167 e. The first-order valence-electron chi connectivity index (χ1n) is 5.30. The molecule has 1 atom stereocenters. The molecule has 0 aliphatic carbocycles. The third-order valence-corrected chi connectivity index (χ3v) is 2.84. The summed E-state index contributed by atoms with van der Waals surface area (Å²) < 4.78 is 5.26. The van der Waals surface area contributed by atoms with Crippen LogP contribution in [0.4, 0.5) is 5.82 Å². The van der Waals surface area contributed by atoms with Gasteiger partial charge in [-0.05, 0) is 25.8 Å². The van der Waals surface area contributed by atoms with Gasteiger partial charge in [0.1, 0.15) is 11.6 Å². The van der Waals surface area contributed by atoms with E-state index in [1.807, 2.05) is 13.8 Å². The van der Waals surface area contributed by atoms with Gasteiger partial charge in [0.25, 0.3) is 0 Å². The molecule has 2 rings (SSSR count). The lowest BCUT2D eigenvalue weighted by molar-refractivity contribution is 0.195. The lowest BCUT2D eigenvalue weighted by atomic mass is 10.1. The Morgan fingerprint density at radius 2 is 2.25 bits per heavy atom. The predicted octanol–water partition coefficient (Wildman–Crippen LogP) is 1.17. The summed E-state index contributed by atoms with van der Waals surface area (Å²) in [6.45, 7) is 5.17. The van der Waals surface area contributed by atoms with Gasteiger partial charge in [0.05, 0.1) is 18.3 Å². The van der Waals surface area contributed by atoms with Crippen LogP contribution in [0.25, 0.3) is 0 Å². The number of nitrogens with one attached hydrogen (secondary N) is 1. The molecule has 0 bridgehead atoms. The Labute approximate surface area is 94.4 Å². The Balaban J connectivity index is 2.26. The van der Waals surface area contributed by atoms with Crippen molar-refractivity contribution >= 4 is 5.82 Å². The van der Waals surface area contributed by atoms with E-state index in [0.29, 0.717) is 18.0 Å². The van der Waals surface area contributed by atoms with Crippen molar-refractivity contribution in [1.82, 2.24) is 10.2 Å². The summed E-state index contributed by atoms with van der Waals surface area (Å²) in [5.41, 5.74) is 2.27. The number of hydrogen-bond donors (Lipinski definition) is 1. The molecule has 0 saturated carbocycles. The van der Waals surface area contributed by atoms with Gasteiger partial charge in [-0.3, -0.25) is 0 Å². The molecule has 5 heteroatoms. The quantitative estimate of drug-likeness (QED) is 0.806. The predicted molar refractivity (Wildman–Crippen MR) is 59.1 cm³/mol. The standard InChI is InChI=1S/C11H14N4O/c1-7-8(2)14-15-11(10(7)5-12)13-9-3-4-16-6-9/h9H,3-4,6H2,1-2H3,(H,13,15). The maximum absolute atomic E-state index is 9.11. The first kappa shape index (κ1) is 10.8. The zero-order valence-electron chi connectivity index (χ0n) is 9.45. The summed E-state index contributed by atoms with van der Waals surface area (Å²) in [6, 6.07) is 2.41. The average Bonchev–Trinajstić information content (AvgIpc) is 2.77. The maximum atomic E-state index is 9.11. The van der Waals surface area contributed by atoms with Crippen molar-refractivity contribution in [3.8, 4) is 6.07 Å². The van der Waals surface area contributed by atoms with E-state index in [1.54, 1.807) is 0 Å². The van der Waals surface area contributed by atoms with Crippen LogP contribution < -0.4 is 5.32 Å². The third-order valence-electron chi connectivity index (χ3n) is 2.84. The topological polar surface area (TPSA) is 70.8 Å². The van der Waals surface area contributed by atoms with E-state index in [-0.39, 0.29) is 6.04 Å². The molecule has 1 unspecified atom stereocenters. The molecular weight excluding hydrogens is 204 g/mol. The van der Waals surface area contributed by atoms with Crippen molar-refractivity contribution in [1.29, 1.82) is 5.26 Å². The summed E-state index contributed by atoms with van der Waals surface area (Å²) in [5.74, 6) is 0.570. The van der Waals surface area contributed by atoms with Crippen LogP contribution >= 0.6 is 0 Å². The highest BCUT2D eigenvalue weighted by Gasteiger charge is 2.18. The molecule has 1 N–H and O–H groups in total. The molecule has 16 heavy (non-hydrogen) atoms. The monoisotopic (exact) mass is 218 g/mol. The fourth-order valence-electron chi connectivity index (χ4n) is 1.69. The van der Waals surface area contributed by atoms with Gasteiger partial charge in [-0.2, -0.15) is 10.4 Å². The fourth-order valence-corrected chi connectivity index (χ4v) is 1.69. The summed E-state index contributed by atoms with van der Waals surface area (Å²) in [6.07, 6.45) is 0.944. The van der Waals surface area contributed by atoms with Gasteiger partial charge in [0.15, 0.2) is 5.82 Å². The number of nitriles is 1. The van der Waals surface area contributed by atoms with E-state index in [4.69, 9.17) is 10.00 Å². The molecule has 0 aromatic carbocycles. The van der Waals surface area contributed by atoms with Crippen LogP contribution in [-0.4, -0.2) is 29.5 Å². The smallest absolute Gasteiger partial charge is 0.167 e. The van der Waals surface area contributed by atoms with Gasteiger partial charge in [0.2, 0.25) is 0 Å². The van der Waals surface area contributed by atoms with Crippen LogP contribution in [0.1, 0.15) is 23.2 Å². The van der Waals surface area contributed by atoms with E-state index in [0.717, 1.165) is 24.3 Å². The number of hydrogen-bond acceptors (Lipinski definition) is 5. The Hall–Kier alpha value is -1.67. The number of nitrogens with zero attached hydrogens (tertiary/aromatic N) is 3. The minimum absolute atomic E-state index is 0.239. The van der Waals surface area contributed by atoms with Crippen molar-refractivity contribution in [2.75, 3.05) is 18.5 Å². The molecule has 5 nitrogen and oxygen atoms in total.